The van der Waals surface area contributed by atoms with Crippen molar-refractivity contribution < 1.29 is 12.9 Å². The van der Waals surface area contributed by atoms with Gasteiger partial charge in [0, 0.05) is 15.3 Å². The number of aromatic nitrogens is 1. The van der Waals surface area contributed by atoms with Gasteiger partial charge in [-0.05, 0) is 53.8 Å². The molecule has 0 amide bonds. The summed E-state index contributed by atoms with van der Waals surface area (Å²) >= 11 is 2.16. The monoisotopic (exact) mass is 378 g/mol. The van der Waals surface area contributed by atoms with Crippen molar-refractivity contribution in [2.75, 3.05) is 4.72 Å². The average Bonchev–Trinajstić information content (AvgIpc) is 2.66. The van der Waals surface area contributed by atoms with Crippen LogP contribution in [0.4, 0.5) is 5.69 Å². The summed E-state index contributed by atoms with van der Waals surface area (Å²) in [6.45, 7) is 1.72. The molecule has 0 unspecified atom stereocenters. The first-order valence-electron chi connectivity index (χ1n) is 5.13. The first kappa shape index (κ1) is 13.3. The highest BCUT2D eigenvalue weighted by Gasteiger charge is 2.14. The highest BCUT2D eigenvalue weighted by Crippen LogP contribution is 2.14. The molecule has 0 saturated heterocycles. The number of anilines is 1. The quantitative estimate of drug-likeness (QED) is 0.830. The molecule has 96 valence electrons. The van der Waals surface area contributed by atoms with Crippen LogP contribution in [0.15, 0.2) is 34.9 Å². The molecule has 0 aliphatic heterocycles. The zero-order valence-corrected chi connectivity index (χ0v) is 12.5. The second-order valence-corrected chi connectivity index (χ2v) is 6.76. The number of nitrogens with one attached hydrogen (secondary N) is 1. The molecule has 2 rings (SSSR count). The molecule has 0 aliphatic carbocycles. The molecular weight excluding hydrogens is 367 g/mol. The van der Waals surface area contributed by atoms with Crippen LogP contribution in [0.5, 0.6) is 0 Å². The van der Waals surface area contributed by atoms with Gasteiger partial charge in [0.1, 0.15) is 17.2 Å². The Labute approximate surface area is 119 Å². The van der Waals surface area contributed by atoms with Gasteiger partial charge >= 0.3 is 0 Å². The van der Waals surface area contributed by atoms with E-state index in [9.17, 15) is 8.42 Å². The van der Waals surface area contributed by atoms with E-state index >= 15 is 0 Å². The van der Waals surface area contributed by atoms with Crippen LogP contribution in [0.25, 0.3) is 0 Å². The third kappa shape index (κ3) is 3.70. The Morgan fingerprint density at radius 2 is 2.00 bits per heavy atom. The molecule has 0 bridgehead atoms. The Morgan fingerprint density at radius 1 is 1.33 bits per heavy atom. The molecule has 5 nitrogen and oxygen atoms in total. The SMILES string of the molecule is Cc1cc(CS(=O)(=O)Nc2ccc(I)cc2)no1. The Balaban J connectivity index is 2.10. The molecule has 0 spiro atoms. The van der Waals surface area contributed by atoms with E-state index in [1.54, 1.807) is 25.1 Å². The smallest absolute Gasteiger partial charge is 0.238 e. The molecule has 0 aliphatic rings. The van der Waals surface area contributed by atoms with Crippen LogP contribution < -0.4 is 4.72 Å². The predicted molar refractivity (Wildman–Crippen MR) is 76.6 cm³/mol. The van der Waals surface area contributed by atoms with Gasteiger partial charge in [-0.25, -0.2) is 8.42 Å². The normalized spacial score (nSPS) is 11.4. The predicted octanol–water partition coefficient (Wildman–Crippen LogP) is 2.53. The summed E-state index contributed by atoms with van der Waals surface area (Å²) < 4.78 is 32.1. The molecule has 2 aromatic rings. The minimum absolute atomic E-state index is 0.198. The molecule has 7 heteroatoms. The molecule has 0 fully saturated rings. The van der Waals surface area contributed by atoms with Crippen LogP contribution in [-0.4, -0.2) is 13.6 Å². The molecular formula is C11H11IN2O3S. The van der Waals surface area contributed by atoms with E-state index in [0.717, 1.165) is 3.57 Å². The highest BCUT2D eigenvalue weighted by molar-refractivity contribution is 14.1. The summed E-state index contributed by atoms with van der Waals surface area (Å²) in [5, 5.41) is 3.66. The van der Waals surface area contributed by atoms with Crippen molar-refractivity contribution in [2.24, 2.45) is 0 Å². The van der Waals surface area contributed by atoms with Crippen molar-refractivity contribution in [3.8, 4) is 0 Å². The van der Waals surface area contributed by atoms with E-state index in [0.29, 0.717) is 17.1 Å². The third-order valence-corrected chi connectivity index (χ3v) is 4.07. The molecule has 0 atom stereocenters. The van der Waals surface area contributed by atoms with Gasteiger partial charge in [-0.15, -0.1) is 0 Å². The maximum atomic E-state index is 11.9. The van der Waals surface area contributed by atoms with Crippen LogP contribution in [-0.2, 0) is 15.8 Å². The fourth-order valence-electron chi connectivity index (χ4n) is 1.41. The van der Waals surface area contributed by atoms with E-state index in [-0.39, 0.29) is 5.75 Å². The zero-order chi connectivity index (χ0) is 13.2. The summed E-state index contributed by atoms with van der Waals surface area (Å²) in [6, 6.07) is 8.70. The molecule has 18 heavy (non-hydrogen) atoms. The van der Waals surface area contributed by atoms with Crippen molar-refractivity contribution in [1.82, 2.24) is 5.16 Å². The van der Waals surface area contributed by atoms with E-state index in [2.05, 4.69) is 32.5 Å². The Morgan fingerprint density at radius 3 is 2.56 bits per heavy atom. The topological polar surface area (TPSA) is 72.2 Å². The highest BCUT2D eigenvalue weighted by atomic mass is 127. The Hall–Kier alpha value is -1.09. The number of hydrogen-bond donors (Lipinski definition) is 1. The van der Waals surface area contributed by atoms with Crippen LogP contribution in [0.2, 0.25) is 0 Å². The lowest BCUT2D eigenvalue weighted by molar-refractivity contribution is 0.392. The summed E-state index contributed by atoms with van der Waals surface area (Å²) in [5.74, 6) is 0.394. The van der Waals surface area contributed by atoms with Crippen LogP contribution in [0, 0.1) is 10.5 Å². The number of halogens is 1. The van der Waals surface area contributed by atoms with E-state index < -0.39 is 10.0 Å². The van der Waals surface area contributed by atoms with Gasteiger partial charge in [0.15, 0.2) is 0 Å². The first-order valence-corrected chi connectivity index (χ1v) is 7.86. The minimum Gasteiger partial charge on any atom is -0.361 e. The van der Waals surface area contributed by atoms with Crippen LogP contribution >= 0.6 is 22.6 Å². The lowest BCUT2D eigenvalue weighted by atomic mass is 10.3. The Bertz CT molecular complexity index is 635. The summed E-state index contributed by atoms with van der Waals surface area (Å²) in [7, 11) is -3.46. The molecule has 1 aromatic heterocycles. The number of sulfonamides is 1. The third-order valence-electron chi connectivity index (χ3n) is 2.13. The number of rotatable bonds is 4. The molecule has 0 radical (unpaired) electrons. The summed E-state index contributed by atoms with van der Waals surface area (Å²) in [6.07, 6.45) is 0. The van der Waals surface area contributed by atoms with E-state index in [1.807, 2.05) is 12.1 Å². The zero-order valence-electron chi connectivity index (χ0n) is 9.55. The first-order chi connectivity index (χ1) is 8.44. The van der Waals surface area contributed by atoms with Gasteiger partial charge in [0.05, 0.1) is 0 Å². The molecule has 1 aromatic carbocycles. The van der Waals surface area contributed by atoms with Crippen LogP contribution in [0.3, 0.4) is 0 Å². The van der Waals surface area contributed by atoms with Crippen molar-refractivity contribution in [2.45, 2.75) is 12.7 Å². The fourth-order valence-corrected chi connectivity index (χ4v) is 2.87. The molecule has 1 heterocycles. The van der Waals surface area contributed by atoms with Gasteiger partial charge in [-0.1, -0.05) is 5.16 Å². The van der Waals surface area contributed by atoms with Crippen LogP contribution in [0.1, 0.15) is 11.5 Å². The maximum Gasteiger partial charge on any atom is 0.238 e. The van der Waals surface area contributed by atoms with Crippen molar-refractivity contribution >= 4 is 38.3 Å². The maximum absolute atomic E-state index is 11.9. The van der Waals surface area contributed by atoms with E-state index in [1.165, 1.54) is 0 Å². The second-order valence-electron chi connectivity index (χ2n) is 3.80. The molecule has 0 saturated carbocycles. The lowest BCUT2D eigenvalue weighted by Crippen LogP contribution is -2.15. The van der Waals surface area contributed by atoms with Crippen molar-refractivity contribution in [3.63, 3.8) is 0 Å². The second kappa shape index (κ2) is 5.27. The minimum atomic E-state index is -3.46. The molecule has 1 N–H and O–H groups in total. The van der Waals surface area contributed by atoms with Gasteiger partial charge < -0.3 is 4.52 Å². The van der Waals surface area contributed by atoms with Gasteiger partial charge in [0.2, 0.25) is 10.0 Å². The van der Waals surface area contributed by atoms with Gasteiger partial charge in [-0.3, -0.25) is 4.72 Å². The number of hydrogen-bond acceptors (Lipinski definition) is 4. The summed E-state index contributed by atoms with van der Waals surface area (Å²) in [5.41, 5.74) is 0.932. The van der Waals surface area contributed by atoms with Crippen molar-refractivity contribution in [1.29, 1.82) is 0 Å². The lowest BCUT2D eigenvalue weighted by Gasteiger charge is -2.06. The summed E-state index contributed by atoms with van der Waals surface area (Å²) in [4.78, 5) is 0. The fraction of sp³-hybridized carbons (Fsp3) is 0.182. The number of benzene rings is 1. The number of aryl methyl sites for hydroxylation is 1. The van der Waals surface area contributed by atoms with Gasteiger partial charge in [0.25, 0.3) is 0 Å². The number of nitrogens with zero attached hydrogens (tertiary/aromatic N) is 1. The average molecular weight is 378 g/mol. The van der Waals surface area contributed by atoms with Gasteiger partial charge in [-0.2, -0.15) is 0 Å². The van der Waals surface area contributed by atoms with Crippen molar-refractivity contribution in [3.05, 3.63) is 45.4 Å². The van der Waals surface area contributed by atoms with E-state index in [4.69, 9.17) is 4.52 Å². The Kier molecular flexibility index (Phi) is 3.91. The standard InChI is InChI=1S/C11H11IN2O3S/c1-8-6-11(13-17-8)7-18(15,16)14-10-4-2-9(12)3-5-10/h2-6,14H,7H2,1H3. The largest absolute Gasteiger partial charge is 0.361 e.